The maximum Gasteiger partial charge on any atom is 0.274 e. The minimum absolute atomic E-state index is 0.0942. The van der Waals surface area contributed by atoms with Crippen molar-refractivity contribution in [3.8, 4) is 5.75 Å². The number of benzene rings is 1. The standard InChI is InChI=1S/C21H23N3O5/c1-28-16-8-5-9-23-11-15(16)24-10-14(20(22)26)18(25)19(17(24)21(23)27)29-12-13-6-3-2-4-7-13/h2-4,6-7,10,15-16H,5,8-9,11-12H2,1H3,(H2,22,26)/t15?,16-/m1/s1. The minimum atomic E-state index is -0.854. The summed E-state index contributed by atoms with van der Waals surface area (Å²) in [5.74, 6) is -1.27. The van der Waals surface area contributed by atoms with Crippen LogP contribution in [-0.4, -0.2) is 47.6 Å². The maximum atomic E-state index is 13.2. The molecule has 4 rings (SSSR count). The minimum Gasteiger partial charge on any atom is -0.483 e. The molecule has 2 amide bonds. The molecule has 2 aromatic rings. The van der Waals surface area contributed by atoms with Gasteiger partial charge in [0.2, 0.25) is 5.43 Å². The summed E-state index contributed by atoms with van der Waals surface area (Å²) in [5, 5.41) is 0. The maximum absolute atomic E-state index is 13.2. The predicted molar refractivity (Wildman–Crippen MR) is 105 cm³/mol. The molecule has 29 heavy (non-hydrogen) atoms. The Morgan fingerprint density at radius 3 is 2.69 bits per heavy atom. The van der Waals surface area contributed by atoms with E-state index in [1.165, 1.54) is 6.20 Å². The second-order valence-corrected chi connectivity index (χ2v) is 7.33. The molecular formula is C21H23N3O5. The fraction of sp³-hybridized carbons (Fsp3) is 0.381. The molecule has 2 atom stereocenters. The Labute approximate surface area is 167 Å². The van der Waals surface area contributed by atoms with Crippen molar-refractivity contribution in [3.63, 3.8) is 0 Å². The van der Waals surface area contributed by atoms with Crippen molar-refractivity contribution in [2.45, 2.75) is 31.6 Å². The van der Waals surface area contributed by atoms with Crippen LogP contribution in [0.1, 0.15) is 45.3 Å². The van der Waals surface area contributed by atoms with E-state index in [0.717, 1.165) is 18.4 Å². The number of hydrogen-bond acceptors (Lipinski definition) is 5. The molecular weight excluding hydrogens is 374 g/mol. The average molecular weight is 397 g/mol. The van der Waals surface area contributed by atoms with Gasteiger partial charge in [-0.2, -0.15) is 0 Å². The smallest absolute Gasteiger partial charge is 0.274 e. The number of carbonyl (C=O) groups is 2. The quantitative estimate of drug-likeness (QED) is 0.820. The summed E-state index contributed by atoms with van der Waals surface area (Å²) >= 11 is 0. The summed E-state index contributed by atoms with van der Waals surface area (Å²) < 4.78 is 13.1. The van der Waals surface area contributed by atoms with Crippen molar-refractivity contribution >= 4 is 11.8 Å². The van der Waals surface area contributed by atoms with E-state index in [2.05, 4.69) is 0 Å². The highest BCUT2D eigenvalue weighted by Gasteiger charge is 2.40. The van der Waals surface area contributed by atoms with E-state index >= 15 is 0 Å². The molecule has 8 nitrogen and oxygen atoms in total. The highest BCUT2D eigenvalue weighted by atomic mass is 16.5. The number of pyridine rings is 1. The van der Waals surface area contributed by atoms with E-state index in [1.807, 2.05) is 30.3 Å². The normalized spacial score (nSPS) is 20.7. The first-order chi connectivity index (χ1) is 14.0. The summed E-state index contributed by atoms with van der Waals surface area (Å²) in [6.45, 7) is 1.12. The molecule has 1 unspecified atom stereocenters. The van der Waals surface area contributed by atoms with Gasteiger partial charge in [0.15, 0.2) is 11.4 Å². The molecule has 2 N–H and O–H groups in total. The largest absolute Gasteiger partial charge is 0.483 e. The van der Waals surface area contributed by atoms with Crippen LogP contribution >= 0.6 is 0 Å². The van der Waals surface area contributed by atoms with Crippen LogP contribution in [0.2, 0.25) is 0 Å². The third-order valence-corrected chi connectivity index (χ3v) is 5.59. The molecule has 1 aromatic carbocycles. The Hall–Kier alpha value is -3.13. The van der Waals surface area contributed by atoms with Crippen LogP contribution in [0.5, 0.6) is 5.75 Å². The summed E-state index contributed by atoms with van der Waals surface area (Å²) in [6.07, 6.45) is 2.79. The number of carbonyl (C=O) groups excluding carboxylic acids is 2. The number of fused-ring (bicyclic) bond motifs is 4. The number of ether oxygens (including phenoxy) is 2. The average Bonchev–Trinajstić information content (AvgIpc) is 2.92. The van der Waals surface area contributed by atoms with Crippen LogP contribution < -0.4 is 15.9 Å². The van der Waals surface area contributed by atoms with Crippen LogP contribution in [0.3, 0.4) is 0 Å². The zero-order valence-corrected chi connectivity index (χ0v) is 16.2. The fourth-order valence-electron chi connectivity index (χ4n) is 4.10. The molecule has 1 saturated heterocycles. The summed E-state index contributed by atoms with van der Waals surface area (Å²) in [6, 6.07) is 9.07. The third kappa shape index (κ3) is 3.40. The zero-order valence-electron chi connectivity index (χ0n) is 16.2. The van der Waals surface area contributed by atoms with Gasteiger partial charge in [-0.3, -0.25) is 14.4 Å². The second kappa shape index (κ2) is 7.71. The van der Waals surface area contributed by atoms with Gasteiger partial charge >= 0.3 is 0 Å². The number of methoxy groups -OCH3 is 1. The topological polar surface area (TPSA) is 104 Å². The molecule has 1 aromatic heterocycles. The Morgan fingerprint density at radius 1 is 1.24 bits per heavy atom. The lowest BCUT2D eigenvalue weighted by Crippen LogP contribution is -2.47. The molecule has 0 saturated carbocycles. The van der Waals surface area contributed by atoms with Crippen molar-refractivity contribution in [1.29, 1.82) is 0 Å². The molecule has 2 aliphatic rings. The van der Waals surface area contributed by atoms with Gasteiger partial charge in [0, 0.05) is 26.4 Å². The third-order valence-electron chi connectivity index (χ3n) is 5.59. The Morgan fingerprint density at radius 2 is 2.00 bits per heavy atom. The van der Waals surface area contributed by atoms with Crippen molar-refractivity contribution < 1.29 is 19.1 Å². The Balaban J connectivity index is 1.86. The molecule has 3 heterocycles. The molecule has 0 aliphatic carbocycles. The lowest BCUT2D eigenvalue weighted by molar-refractivity contribution is 0.0349. The first-order valence-electron chi connectivity index (χ1n) is 9.59. The van der Waals surface area contributed by atoms with E-state index in [0.29, 0.717) is 13.1 Å². The molecule has 152 valence electrons. The summed E-state index contributed by atoms with van der Waals surface area (Å²) in [4.78, 5) is 39.8. The van der Waals surface area contributed by atoms with E-state index in [4.69, 9.17) is 15.2 Å². The van der Waals surface area contributed by atoms with Gasteiger partial charge in [0.05, 0.1) is 12.1 Å². The number of primary amides is 1. The van der Waals surface area contributed by atoms with Gasteiger partial charge in [-0.05, 0) is 18.4 Å². The summed E-state index contributed by atoms with van der Waals surface area (Å²) in [7, 11) is 1.63. The van der Waals surface area contributed by atoms with Crippen LogP contribution in [-0.2, 0) is 11.3 Å². The predicted octanol–water partition coefficient (Wildman–Crippen LogP) is 1.33. The van der Waals surface area contributed by atoms with E-state index in [1.54, 1.807) is 16.6 Å². The van der Waals surface area contributed by atoms with Crippen molar-refractivity contribution in [3.05, 3.63) is 63.6 Å². The Bertz CT molecular complexity index is 1000. The highest BCUT2D eigenvalue weighted by molar-refractivity contribution is 5.98. The van der Waals surface area contributed by atoms with Crippen LogP contribution in [0.15, 0.2) is 41.3 Å². The number of nitrogens with two attached hydrogens (primary N) is 1. The first kappa shape index (κ1) is 19.2. The monoisotopic (exact) mass is 397 g/mol. The molecule has 8 heteroatoms. The number of nitrogens with zero attached hydrogens (tertiary/aromatic N) is 2. The van der Waals surface area contributed by atoms with Gasteiger partial charge in [0.1, 0.15) is 12.2 Å². The van der Waals surface area contributed by atoms with E-state index in [9.17, 15) is 14.4 Å². The SMILES string of the molecule is CO[C@@H]1CCCN2CC1n1cc(C(N)=O)c(=O)c(OCc3ccccc3)c1C2=O. The number of rotatable bonds is 5. The second-order valence-electron chi connectivity index (χ2n) is 7.33. The Kier molecular flexibility index (Phi) is 5.10. The molecule has 2 bridgehead atoms. The number of hydrogen-bond donors (Lipinski definition) is 1. The number of aromatic nitrogens is 1. The van der Waals surface area contributed by atoms with Gasteiger partial charge in [-0.25, -0.2) is 0 Å². The molecule has 1 fully saturated rings. The van der Waals surface area contributed by atoms with E-state index < -0.39 is 11.3 Å². The fourth-order valence-corrected chi connectivity index (χ4v) is 4.10. The van der Waals surface area contributed by atoms with Gasteiger partial charge < -0.3 is 24.7 Å². The number of amides is 2. The van der Waals surface area contributed by atoms with Crippen molar-refractivity contribution in [1.82, 2.24) is 9.47 Å². The van der Waals surface area contributed by atoms with Crippen LogP contribution in [0.25, 0.3) is 0 Å². The molecule has 0 spiro atoms. The van der Waals surface area contributed by atoms with Gasteiger partial charge in [0.25, 0.3) is 11.8 Å². The molecule has 2 aliphatic heterocycles. The lowest BCUT2D eigenvalue weighted by Gasteiger charge is -2.37. The van der Waals surface area contributed by atoms with Crippen LogP contribution in [0.4, 0.5) is 0 Å². The lowest BCUT2D eigenvalue weighted by atomic mass is 10.0. The summed E-state index contributed by atoms with van der Waals surface area (Å²) in [5.41, 5.74) is 5.58. The van der Waals surface area contributed by atoms with E-state index in [-0.39, 0.29) is 41.7 Å². The first-order valence-corrected chi connectivity index (χ1v) is 9.59. The van der Waals surface area contributed by atoms with Gasteiger partial charge in [-0.15, -0.1) is 0 Å². The van der Waals surface area contributed by atoms with Crippen LogP contribution in [0, 0.1) is 0 Å². The van der Waals surface area contributed by atoms with Gasteiger partial charge in [-0.1, -0.05) is 30.3 Å². The van der Waals surface area contributed by atoms with Crippen molar-refractivity contribution in [2.75, 3.05) is 20.2 Å². The van der Waals surface area contributed by atoms with Crippen molar-refractivity contribution in [2.24, 2.45) is 5.73 Å². The molecule has 0 radical (unpaired) electrons. The zero-order chi connectivity index (χ0) is 20.5. The highest BCUT2D eigenvalue weighted by Crippen LogP contribution is 2.34.